The molecule has 0 bridgehead atoms. The molecule has 3 aromatic carbocycles. The van der Waals surface area contributed by atoms with Crippen LogP contribution >= 0.6 is 11.6 Å². The number of rotatable bonds is 12. The zero-order valence-corrected chi connectivity index (χ0v) is 24.4. The summed E-state index contributed by atoms with van der Waals surface area (Å²) in [6.45, 7) is 7.60. The van der Waals surface area contributed by atoms with E-state index in [1.165, 1.54) is 23.1 Å². The van der Waals surface area contributed by atoms with Crippen LogP contribution in [-0.4, -0.2) is 44.3 Å². The van der Waals surface area contributed by atoms with Crippen molar-refractivity contribution in [1.29, 1.82) is 0 Å². The van der Waals surface area contributed by atoms with Crippen LogP contribution in [0, 0.1) is 13.8 Å². The quantitative estimate of drug-likeness (QED) is 0.292. The number of aryl methyl sites for hydroxylation is 2. The number of unbranched alkanes of at least 4 members (excludes halogenated alkanes) is 1. The largest absolute Gasteiger partial charge is 0.354 e. The summed E-state index contributed by atoms with van der Waals surface area (Å²) in [6, 6.07) is 19.7. The number of benzene rings is 3. The van der Waals surface area contributed by atoms with Gasteiger partial charge in [-0.25, -0.2) is 8.42 Å². The molecule has 0 unspecified atom stereocenters. The Kier molecular flexibility index (Phi) is 10.5. The van der Waals surface area contributed by atoms with Crippen LogP contribution in [0.2, 0.25) is 5.02 Å². The number of hydrogen-bond donors (Lipinski definition) is 1. The fourth-order valence-electron chi connectivity index (χ4n) is 4.11. The highest BCUT2D eigenvalue weighted by Crippen LogP contribution is 2.28. The molecule has 0 heterocycles. The fourth-order valence-corrected chi connectivity index (χ4v) is 5.71. The molecule has 3 aromatic rings. The van der Waals surface area contributed by atoms with E-state index in [1.54, 1.807) is 37.3 Å². The molecular formula is C30H36ClN3O4S. The molecule has 9 heteroatoms. The zero-order valence-electron chi connectivity index (χ0n) is 22.9. The van der Waals surface area contributed by atoms with Crippen molar-refractivity contribution in [3.63, 3.8) is 0 Å². The number of carbonyl (C=O) groups excluding carboxylic acids is 2. The summed E-state index contributed by atoms with van der Waals surface area (Å²) < 4.78 is 28.7. The van der Waals surface area contributed by atoms with Gasteiger partial charge in [-0.3, -0.25) is 13.9 Å². The van der Waals surface area contributed by atoms with Gasteiger partial charge in [0.1, 0.15) is 12.6 Å². The monoisotopic (exact) mass is 569 g/mol. The third kappa shape index (κ3) is 7.83. The topological polar surface area (TPSA) is 86.8 Å². The van der Waals surface area contributed by atoms with E-state index in [2.05, 4.69) is 5.32 Å². The van der Waals surface area contributed by atoms with Crippen LogP contribution in [0.4, 0.5) is 5.69 Å². The van der Waals surface area contributed by atoms with Gasteiger partial charge in [0.2, 0.25) is 11.8 Å². The first-order valence-electron chi connectivity index (χ1n) is 13.0. The third-order valence-corrected chi connectivity index (χ3v) is 8.68. The molecule has 0 aliphatic rings. The molecule has 0 spiro atoms. The van der Waals surface area contributed by atoms with E-state index in [-0.39, 0.29) is 23.0 Å². The Balaban J connectivity index is 2.01. The highest BCUT2D eigenvalue weighted by molar-refractivity contribution is 7.92. The molecule has 0 aromatic heterocycles. The van der Waals surface area contributed by atoms with Crippen LogP contribution in [0.3, 0.4) is 0 Å². The second kappa shape index (κ2) is 13.6. The maximum atomic E-state index is 13.9. The summed E-state index contributed by atoms with van der Waals surface area (Å²) in [4.78, 5) is 28.4. The summed E-state index contributed by atoms with van der Waals surface area (Å²) in [5.41, 5.74) is 2.90. The lowest BCUT2D eigenvalue weighted by Gasteiger charge is -2.32. The van der Waals surface area contributed by atoms with Gasteiger partial charge in [0, 0.05) is 18.1 Å². The number of halogens is 1. The SMILES string of the molecule is CCCCNC(=O)[C@H](C)N(Cc1cccc(C)c1)C(=O)CN(c1ccc(C)c(Cl)c1)S(=O)(=O)c1ccccc1. The Hall–Kier alpha value is -3.36. The Morgan fingerprint density at radius 3 is 2.33 bits per heavy atom. The molecular weight excluding hydrogens is 534 g/mol. The minimum Gasteiger partial charge on any atom is -0.354 e. The molecule has 3 rings (SSSR count). The van der Waals surface area contributed by atoms with Crippen molar-refractivity contribution in [3.05, 3.63) is 94.5 Å². The van der Waals surface area contributed by atoms with Gasteiger partial charge in [0.15, 0.2) is 0 Å². The number of hydrogen-bond acceptors (Lipinski definition) is 4. The predicted octanol–water partition coefficient (Wildman–Crippen LogP) is 5.49. The highest BCUT2D eigenvalue weighted by atomic mass is 35.5. The average Bonchev–Trinajstić information content (AvgIpc) is 2.92. The van der Waals surface area contributed by atoms with Gasteiger partial charge >= 0.3 is 0 Å². The number of amides is 2. The molecule has 2 amide bonds. The van der Waals surface area contributed by atoms with Crippen molar-refractivity contribution in [2.24, 2.45) is 0 Å². The molecule has 0 aliphatic heterocycles. The number of nitrogens with one attached hydrogen (secondary N) is 1. The lowest BCUT2D eigenvalue weighted by atomic mass is 10.1. The summed E-state index contributed by atoms with van der Waals surface area (Å²) in [7, 11) is -4.13. The van der Waals surface area contributed by atoms with Gasteiger partial charge < -0.3 is 10.2 Å². The molecule has 7 nitrogen and oxygen atoms in total. The van der Waals surface area contributed by atoms with E-state index in [1.807, 2.05) is 45.0 Å². The Morgan fingerprint density at radius 1 is 0.974 bits per heavy atom. The van der Waals surface area contributed by atoms with Crippen LogP contribution in [0.5, 0.6) is 0 Å². The first-order chi connectivity index (χ1) is 18.5. The van der Waals surface area contributed by atoms with Crippen molar-refractivity contribution in [1.82, 2.24) is 10.2 Å². The predicted molar refractivity (Wildman–Crippen MR) is 156 cm³/mol. The molecule has 0 fully saturated rings. The van der Waals surface area contributed by atoms with E-state index in [0.29, 0.717) is 11.6 Å². The third-order valence-electron chi connectivity index (χ3n) is 6.49. The van der Waals surface area contributed by atoms with Gasteiger partial charge in [0.05, 0.1) is 10.6 Å². The number of sulfonamides is 1. The Labute approximate surface area is 236 Å². The van der Waals surface area contributed by atoms with Crippen molar-refractivity contribution >= 4 is 39.1 Å². The van der Waals surface area contributed by atoms with Gasteiger partial charge in [-0.05, 0) is 62.6 Å². The summed E-state index contributed by atoms with van der Waals surface area (Å²) in [5.74, 6) is -0.800. The molecule has 0 saturated carbocycles. The minimum absolute atomic E-state index is 0.0464. The maximum Gasteiger partial charge on any atom is 0.264 e. The average molecular weight is 570 g/mol. The van der Waals surface area contributed by atoms with Gasteiger partial charge in [-0.15, -0.1) is 0 Å². The number of nitrogens with zero attached hydrogens (tertiary/aromatic N) is 2. The van der Waals surface area contributed by atoms with Crippen molar-refractivity contribution in [3.8, 4) is 0 Å². The second-order valence-corrected chi connectivity index (χ2v) is 11.9. The first kappa shape index (κ1) is 30.2. The van der Waals surface area contributed by atoms with Crippen LogP contribution in [-0.2, 0) is 26.2 Å². The molecule has 0 aliphatic carbocycles. The summed E-state index contributed by atoms with van der Waals surface area (Å²) in [6.07, 6.45) is 1.74. The van der Waals surface area contributed by atoms with Gasteiger partial charge in [-0.2, -0.15) is 0 Å². The normalized spacial score (nSPS) is 12.0. The lowest BCUT2D eigenvalue weighted by molar-refractivity contribution is -0.139. The van der Waals surface area contributed by atoms with E-state index < -0.39 is 28.5 Å². The molecule has 1 N–H and O–H groups in total. The maximum absolute atomic E-state index is 13.9. The van der Waals surface area contributed by atoms with E-state index in [4.69, 9.17) is 11.6 Å². The Morgan fingerprint density at radius 2 is 1.69 bits per heavy atom. The summed E-state index contributed by atoms with van der Waals surface area (Å²) >= 11 is 6.36. The minimum atomic E-state index is -4.13. The molecule has 0 radical (unpaired) electrons. The molecule has 1 atom stereocenters. The van der Waals surface area contributed by atoms with Gasteiger partial charge in [0.25, 0.3) is 10.0 Å². The van der Waals surface area contributed by atoms with Crippen LogP contribution < -0.4 is 9.62 Å². The van der Waals surface area contributed by atoms with Crippen LogP contribution in [0.25, 0.3) is 0 Å². The zero-order chi connectivity index (χ0) is 28.6. The van der Waals surface area contributed by atoms with Crippen LogP contribution in [0.15, 0.2) is 77.7 Å². The lowest BCUT2D eigenvalue weighted by Crippen LogP contribution is -2.51. The molecule has 208 valence electrons. The van der Waals surface area contributed by atoms with Crippen molar-refractivity contribution in [2.45, 2.75) is 58.0 Å². The van der Waals surface area contributed by atoms with E-state index >= 15 is 0 Å². The second-order valence-electron chi connectivity index (χ2n) is 9.59. The Bertz CT molecular complexity index is 1400. The van der Waals surface area contributed by atoms with Crippen molar-refractivity contribution in [2.75, 3.05) is 17.4 Å². The highest BCUT2D eigenvalue weighted by Gasteiger charge is 2.32. The fraction of sp³-hybridized carbons (Fsp3) is 0.333. The molecule has 0 saturated heterocycles. The van der Waals surface area contributed by atoms with Gasteiger partial charge in [-0.1, -0.05) is 79.0 Å². The van der Waals surface area contributed by atoms with E-state index in [9.17, 15) is 18.0 Å². The van der Waals surface area contributed by atoms with Crippen molar-refractivity contribution < 1.29 is 18.0 Å². The molecule has 39 heavy (non-hydrogen) atoms. The van der Waals surface area contributed by atoms with Crippen LogP contribution in [0.1, 0.15) is 43.4 Å². The number of carbonyl (C=O) groups is 2. The standard InChI is InChI=1S/C30H36ClN3O4S/c1-5-6-17-32-30(36)24(4)33(20-25-12-10-11-22(2)18-25)29(35)21-34(26-16-15-23(3)28(31)19-26)39(37,38)27-13-8-7-9-14-27/h7-16,18-19,24H,5-6,17,20-21H2,1-4H3,(H,32,36)/t24-/m0/s1. The smallest absolute Gasteiger partial charge is 0.264 e. The summed E-state index contributed by atoms with van der Waals surface area (Å²) in [5, 5.41) is 3.27. The first-order valence-corrected chi connectivity index (χ1v) is 14.8. The van der Waals surface area contributed by atoms with E-state index in [0.717, 1.165) is 33.8 Å². The number of anilines is 1.